The summed E-state index contributed by atoms with van der Waals surface area (Å²) in [6.07, 6.45) is 9.94. The summed E-state index contributed by atoms with van der Waals surface area (Å²) in [6, 6.07) is 0. The summed E-state index contributed by atoms with van der Waals surface area (Å²) in [4.78, 5) is 0. The molecule has 3 nitrogen and oxygen atoms in total. The molecular weight excluding hydrogens is 240 g/mol. The second-order valence-electron chi connectivity index (χ2n) is 6.24. The molecule has 0 aliphatic heterocycles. The van der Waals surface area contributed by atoms with E-state index in [2.05, 4.69) is 13.8 Å². The van der Waals surface area contributed by atoms with E-state index in [1.165, 1.54) is 39.0 Å². The van der Waals surface area contributed by atoms with E-state index < -0.39 is 5.79 Å². The number of unbranched alkanes of at least 4 members (excludes halogenated alkanes) is 5. The Hall–Kier alpha value is -0.120. The van der Waals surface area contributed by atoms with Crippen LogP contribution in [0.3, 0.4) is 0 Å². The Morgan fingerprint density at radius 3 is 1.95 bits per heavy atom. The maximum absolute atomic E-state index is 9.11. The Bertz CT molecular complexity index is 185. The summed E-state index contributed by atoms with van der Waals surface area (Å²) in [5.74, 6) is -0.682. The highest BCUT2D eigenvalue weighted by Gasteiger charge is 2.13. The quantitative estimate of drug-likeness (QED) is 0.396. The van der Waals surface area contributed by atoms with Gasteiger partial charge in [0.1, 0.15) is 0 Å². The first-order valence-corrected chi connectivity index (χ1v) is 7.94. The Labute approximate surface area is 119 Å². The minimum absolute atomic E-state index is 0.423. The van der Waals surface area contributed by atoms with Crippen molar-refractivity contribution in [3.05, 3.63) is 0 Å². The fourth-order valence-corrected chi connectivity index (χ4v) is 2.05. The van der Waals surface area contributed by atoms with E-state index in [0.717, 1.165) is 38.4 Å². The molecule has 3 heteroatoms. The lowest BCUT2D eigenvalue weighted by molar-refractivity contribution is -0.150. The van der Waals surface area contributed by atoms with Gasteiger partial charge in [-0.1, -0.05) is 46.0 Å². The van der Waals surface area contributed by atoms with Crippen molar-refractivity contribution < 1.29 is 14.9 Å². The van der Waals surface area contributed by atoms with Crippen molar-refractivity contribution in [2.75, 3.05) is 13.2 Å². The molecule has 0 aromatic carbocycles. The molecule has 0 amide bonds. The van der Waals surface area contributed by atoms with Gasteiger partial charge in [-0.2, -0.15) is 0 Å². The minimum Gasteiger partial charge on any atom is -0.381 e. The topological polar surface area (TPSA) is 49.7 Å². The molecule has 0 fully saturated rings. The predicted molar refractivity (Wildman–Crippen MR) is 80.1 cm³/mol. The second kappa shape index (κ2) is 11.7. The van der Waals surface area contributed by atoms with Crippen molar-refractivity contribution in [1.82, 2.24) is 0 Å². The third-order valence-corrected chi connectivity index (χ3v) is 3.26. The highest BCUT2D eigenvalue weighted by molar-refractivity contribution is 4.55. The van der Waals surface area contributed by atoms with E-state index in [9.17, 15) is 0 Å². The van der Waals surface area contributed by atoms with Crippen molar-refractivity contribution in [3.8, 4) is 0 Å². The van der Waals surface area contributed by atoms with E-state index >= 15 is 0 Å². The van der Waals surface area contributed by atoms with Gasteiger partial charge < -0.3 is 14.9 Å². The summed E-state index contributed by atoms with van der Waals surface area (Å²) in [5, 5.41) is 18.2. The van der Waals surface area contributed by atoms with Gasteiger partial charge in [0, 0.05) is 19.6 Å². The molecule has 0 aliphatic rings. The van der Waals surface area contributed by atoms with Crippen molar-refractivity contribution in [1.29, 1.82) is 0 Å². The van der Waals surface area contributed by atoms with Crippen LogP contribution in [0.25, 0.3) is 0 Å². The Morgan fingerprint density at radius 1 is 0.842 bits per heavy atom. The van der Waals surface area contributed by atoms with Crippen LogP contribution in [0.1, 0.15) is 78.6 Å². The van der Waals surface area contributed by atoms with E-state index in [0.29, 0.717) is 6.42 Å². The van der Waals surface area contributed by atoms with Gasteiger partial charge in [0.25, 0.3) is 0 Å². The molecular formula is C16H34O3. The van der Waals surface area contributed by atoms with Gasteiger partial charge in [0.15, 0.2) is 5.79 Å². The molecule has 0 aliphatic carbocycles. The third kappa shape index (κ3) is 17.9. The lowest BCUT2D eigenvalue weighted by Crippen LogP contribution is -2.22. The van der Waals surface area contributed by atoms with Crippen LogP contribution < -0.4 is 0 Å². The summed E-state index contributed by atoms with van der Waals surface area (Å²) < 4.78 is 5.53. The zero-order valence-electron chi connectivity index (χ0n) is 13.2. The maximum atomic E-state index is 9.11. The van der Waals surface area contributed by atoms with Crippen molar-refractivity contribution in [3.63, 3.8) is 0 Å². The Morgan fingerprint density at radius 2 is 1.37 bits per heavy atom. The largest absolute Gasteiger partial charge is 0.381 e. The molecule has 116 valence electrons. The molecule has 0 saturated heterocycles. The Kier molecular flexibility index (Phi) is 11.6. The summed E-state index contributed by atoms with van der Waals surface area (Å²) in [6.45, 7) is 7.57. The molecule has 2 N–H and O–H groups in total. The minimum atomic E-state index is -1.52. The van der Waals surface area contributed by atoms with Crippen LogP contribution in [0, 0.1) is 5.92 Å². The second-order valence-corrected chi connectivity index (χ2v) is 6.24. The van der Waals surface area contributed by atoms with E-state index in [1.54, 1.807) is 0 Å². The number of hydrogen-bond acceptors (Lipinski definition) is 3. The van der Waals surface area contributed by atoms with E-state index in [1.807, 2.05) is 0 Å². The highest BCUT2D eigenvalue weighted by atomic mass is 16.5. The normalized spacial score (nSPS) is 12.3. The lowest BCUT2D eigenvalue weighted by Gasteiger charge is -2.14. The van der Waals surface area contributed by atoms with Crippen molar-refractivity contribution in [2.45, 2.75) is 84.3 Å². The molecule has 0 saturated carbocycles. The number of aliphatic hydroxyl groups is 2. The molecule has 0 aromatic heterocycles. The van der Waals surface area contributed by atoms with Crippen LogP contribution in [-0.2, 0) is 4.74 Å². The van der Waals surface area contributed by atoms with Crippen LogP contribution in [-0.4, -0.2) is 29.2 Å². The van der Waals surface area contributed by atoms with E-state index in [-0.39, 0.29) is 0 Å². The smallest absolute Gasteiger partial charge is 0.159 e. The molecule has 0 rings (SSSR count). The van der Waals surface area contributed by atoms with Crippen LogP contribution in [0.2, 0.25) is 0 Å². The molecule has 19 heavy (non-hydrogen) atoms. The van der Waals surface area contributed by atoms with Gasteiger partial charge in [-0.15, -0.1) is 0 Å². The zero-order valence-corrected chi connectivity index (χ0v) is 13.2. The van der Waals surface area contributed by atoms with E-state index in [4.69, 9.17) is 14.9 Å². The van der Waals surface area contributed by atoms with Crippen molar-refractivity contribution >= 4 is 0 Å². The number of rotatable bonds is 13. The molecule has 0 atom stereocenters. The van der Waals surface area contributed by atoms with Gasteiger partial charge in [-0.3, -0.25) is 0 Å². The molecule has 0 heterocycles. The van der Waals surface area contributed by atoms with Gasteiger partial charge >= 0.3 is 0 Å². The standard InChI is InChI=1S/C16H34O3/c1-15(2)11-7-5-4-6-9-13-19-14-10-8-12-16(3,17)18/h15,17-18H,4-14H2,1-3H3. The molecule has 0 aromatic rings. The third-order valence-electron chi connectivity index (χ3n) is 3.26. The predicted octanol–water partition coefficient (Wildman–Crippen LogP) is 3.87. The van der Waals surface area contributed by atoms with Crippen LogP contribution in [0.4, 0.5) is 0 Å². The summed E-state index contributed by atoms with van der Waals surface area (Å²) >= 11 is 0. The van der Waals surface area contributed by atoms with Gasteiger partial charge in [-0.25, -0.2) is 0 Å². The fourth-order valence-electron chi connectivity index (χ4n) is 2.05. The first kappa shape index (κ1) is 18.9. The average Bonchev–Trinajstić information content (AvgIpc) is 2.28. The first-order valence-electron chi connectivity index (χ1n) is 7.94. The summed E-state index contributed by atoms with van der Waals surface area (Å²) in [7, 11) is 0. The molecule has 0 spiro atoms. The summed E-state index contributed by atoms with van der Waals surface area (Å²) in [5.41, 5.74) is 0. The van der Waals surface area contributed by atoms with Crippen LogP contribution in [0.15, 0.2) is 0 Å². The molecule has 0 unspecified atom stereocenters. The van der Waals surface area contributed by atoms with Gasteiger partial charge in [0.2, 0.25) is 0 Å². The fraction of sp³-hybridized carbons (Fsp3) is 1.00. The van der Waals surface area contributed by atoms with Gasteiger partial charge in [0.05, 0.1) is 0 Å². The molecule has 0 bridgehead atoms. The number of hydrogen-bond donors (Lipinski definition) is 2. The van der Waals surface area contributed by atoms with Gasteiger partial charge in [-0.05, 0) is 32.1 Å². The van der Waals surface area contributed by atoms with Crippen molar-refractivity contribution in [2.24, 2.45) is 5.92 Å². The average molecular weight is 274 g/mol. The SMILES string of the molecule is CC(C)CCCCCCCOCCCCC(C)(O)O. The number of ether oxygens (including phenoxy) is 1. The first-order chi connectivity index (χ1) is 8.92. The maximum Gasteiger partial charge on any atom is 0.159 e. The zero-order chi connectivity index (χ0) is 14.6. The highest BCUT2D eigenvalue weighted by Crippen LogP contribution is 2.11. The Balaban J connectivity index is 3.03. The lowest BCUT2D eigenvalue weighted by atomic mass is 10.0. The van der Waals surface area contributed by atoms with Crippen LogP contribution in [0.5, 0.6) is 0 Å². The molecule has 0 radical (unpaired) electrons. The monoisotopic (exact) mass is 274 g/mol. The van der Waals surface area contributed by atoms with Crippen LogP contribution >= 0.6 is 0 Å².